The molecule has 1 N–H and O–H groups in total. The zero-order valence-electron chi connectivity index (χ0n) is 10.9. The van der Waals surface area contributed by atoms with Crippen molar-refractivity contribution < 1.29 is 19.4 Å². The highest BCUT2D eigenvalue weighted by Gasteiger charge is 2.21. The molecule has 0 radical (unpaired) electrons. The Morgan fingerprint density at radius 3 is 2.39 bits per heavy atom. The number of hydrogen-bond acceptors (Lipinski definition) is 5. The number of aliphatic hydroxyl groups is 1. The summed E-state index contributed by atoms with van der Waals surface area (Å²) in [5.74, 6) is -0.309. The smallest absolute Gasteiger partial charge is 0.306 e. The van der Waals surface area contributed by atoms with Crippen molar-refractivity contribution in [2.24, 2.45) is 0 Å². The third kappa shape index (κ3) is 5.01. The molecule has 1 rings (SSSR count). The first-order chi connectivity index (χ1) is 8.67. The normalized spacial score (nSPS) is 16.7. The van der Waals surface area contributed by atoms with Gasteiger partial charge in [0.1, 0.15) is 0 Å². The number of aliphatic hydroxyl groups excluding tert-OH is 1. The SMILES string of the molecule is CCOC(=O)CCC(=O)N1CCN(CCO)CC1. The molecule has 0 unspecified atom stereocenters. The zero-order chi connectivity index (χ0) is 13.4. The molecule has 104 valence electrons. The van der Waals surface area contributed by atoms with E-state index < -0.39 is 0 Å². The van der Waals surface area contributed by atoms with Gasteiger partial charge in [-0.1, -0.05) is 0 Å². The minimum absolute atomic E-state index is 0.00621. The highest BCUT2D eigenvalue weighted by molar-refractivity contribution is 5.81. The Morgan fingerprint density at radius 2 is 1.83 bits per heavy atom. The Morgan fingerprint density at radius 1 is 1.17 bits per heavy atom. The van der Waals surface area contributed by atoms with Gasteiger partial charge in [0, 0.05) is 39.1 Å². The van der Waals surface area contributed by atoms with Crippen LogP contribution >= 0.6 is 0 Å². The lowest BCUT2D eigenvalue weighted by Gasteiger charge is -2.34. The van der Waals surface area contributed by atoms with Crippen LogP contribution in [0.4, 0.5) is 0 Å². The van der Waals surface area contributed by atoms with Gasteiger partial charge in [0.15, 0.2) is 0 Å². The molecule has 18 heavy (non-hydrogen) atoms. The van der Waals surface area contributed by atoms with Crippen LogP contribution in [-0.2, 0) is 14.3 Å². The van der Waals surface area contributed by atoms with Crippen molar-refractivity contribution in [1.29, 1.82) is 0 Å². The molecule has 6 heteroatoms. The lowest BCUT2D eigenvalue weighted by atomic mass is 10.2. The van der Waals surface area contributed by atoms with Crippen molar-refractivity contribution in [3.8, 4) is 0 Å². The average Bonchev–Trinajstić information content (AvgIpc) is 2.37. The summed E-state index contributed by atoms with van der Waals surface area (Å²) in [7, 11) is 0. The van der Waals surface area contributed by atoms with Gasteiger partial charge in [-0.15, -0.1) is 0 Å². The van der Waals surface area contributed by atoms with Gasteiger partial charge in [-0.25, -0.2) is 0 Å². The second kappa shape index (κ2) is 8.05. The Hall–Kier alpha value is -1.14. The second-order valence-corrected chi connectivity index (χ2v) is 4.25. The van der Waals surface area contributed by atoms with Gasteiger partial charge in [-0.05, 0) is 6.92 Å². The van der Waals surface area contributed by atoms with Gasteiger partial charge < -0.3 is 14.7 Å². The van der Waals surface area contributed by atoms with Gasteiger partial charge >= 0.3 is 5.97 Å². The van der Waals surface area contributed by atoms with E-state index in [-0.39, 0.29) is 31.3 Å². The number of piperazine rings is 1. The van der Waals surface area contributed by atoms with E-state index in [9.17, 15) is 9.59 Å². The van der Waals surface area contributed by atoms with E-state index >= 15 is 0 Å². The number of ether oxygens (including phenoxy) is 1. The molecule has 0 atom stereocenters. The quantitative estimate of drug-likeness (QED) is 0.648. The summed E-state index contributed by atoms with van der Waals surface area (Å²) >= 11 is 0. The fourth-order valence-corrected chi connectivity index (χ4v) is 1.96. The Bertz CT molecular complexity index is 275. The van der Waals surface area contributed by atoms with Crippen molar-refractivity contribution in [2.75, 3.05) is 45.9 Å². The lowest BCUT2D eigenvalue weighted by Crippen LogP contribution is -2.49. The maximum Gasteiger partial charge on any atom is 0.306 e. The van der Waals surface area contributed by atoms with Crippen LogP contribution in [0.3, 0.4) is 0 Å². The lowest BCUT2D eigenvalue weighted by molar-refractivity contribution is -0.146. The largest absolute Gasteiger partial charge is 0.466 e. The maximum atomic E-state index is 11.8. The number of carbonyl (C=O) groups excluding carboxylic acids is 2. The zero-order valence-corrected chi connectivity index (χ0v) is 10.9. The van der Waals surface area contributed by atoms with Crippen molar-refractivity contribution in [3.05, 3.63) is 0 Å². The Labute approximate surface area is 107 Å². The molecule has 1 fully saturated rings. The first kappa shape index (κ1) is 14.9. The topological polar surface area (TPSA) is 70.1 Å². The Balaban J connectivity index is 2.21. The summed E-state index contributed by atoms with van der Waals surface area (Å²) in [6.07, 6.45) is 0.377. The molecule has 1 amide bonds. The van der Waals surface area contributed by atoms with Gasteiger partial charge in [0.25, 0.3) is 0 Å². The summed E-state index contributed by atoms with van der Waals surface area (Å²) < 4.78 is 4.78. The van der Waals surface area contributed by atoms with Gasteiger partial charge in [0.05, 0.1) is 19.6 Å². The van der Waals surface area contributed by atoms with Gasteiger partial charge in [-0.3, -0.25) is 14.5 Å². The number of hydrogen-bond donors (Lipinski definition) is 1. The number of carbonyl (C=O) groups is 2. The van der Waals surface area contributed by atoms with Crippen molar-refractivity contribution >= 4 is 11.9 Å². The minimum Gasteiger partial charge on any atom is -0.466 e. The summed E-state index contributed by atoms with van der Waals surface area (Å²) in [6, 6.07) is 0. The molecule has 1 saturated heterocycles. The van der Waals surface area contributed by atoms with Gasteiger partial charge in [-0.2, -0.15) is 0 Å². The molecule has 0 aromatic carbocycles. The fraction of sp³-hybridized carbons (Fsp3) is 0.833. The van der Waals surface area contributed by atoms with Crippen LogP contribution in [0.25, 0.3) is 0 Å². The molecule has 0 spiro atoms. The molecule has 0 bridgehead atoms. The molecule has 1 aliphatic heterocycles. The molecule has 6 nitrogen and oxygen atoms in total. The molecule has 1 aliphatic rings. The number of β-amino-alcohol motifs (C(OH)–C–C–N with tert-alkyl or cyclic N) is 1. The molecule has 0 saturated carbocycles. The first-order valence-corrected chi connectivity index (χ1v) is 6.44. The van der Waals surface area contributed by atoms with Crippen molar-refractivity contribution in [2.45, 2.75) is 19.8 Å². The standard InChI is InChI=1S/C12H22N2O4/c1-2-18-12(17)4-3-11(16)14-7-5-13(6-8-14)9-10-15/h15H,2-10H2,1H3. The van der Waals surface area contributed by atoms with Crippen LogP contribution in [-0.4, -0.2) is 72.7 Å². The predicted molar refractivity (Wildman–Crippen MR) is 66.0 cm³/mol. The summed E-state index contributed by atoms with van der Waals surface area (Å²) in [4.78, 5) is 26.9. The van der Waals surface area contributed by atoms with E-state index in [1.807, 2.05) is 0 Å². The molecule has 0 aromatic rings. The summed E-state index contributed by atoms with van der Waals surface area (Å²) in [6.45, 7) is 5.81. The van der Waals surface area contributed by atoms with Crippen LogP contribution < -0.4 is 0 Å². The average molecular weight is 258 g/mol. The molecular formula is C12H22N2O4. The minimum atomic E-state index is -0.315. The van der Waals surface area contributed by atoms with E-state index in [1.54, 1.807) is 11.8 Å². The third-order valence-electron chi connectivity index (χ3n) is 2.99. The Kier molecular flexibility index (Phi) is 6.67. The van der Waals surface area contributed by atoms with Gasteiger partial charge in [0.2, 0.25) is 5.91 Å². The van der Waals surface area contributed by atoms with Crippen LogP contribution in [0.5, 0.6) is 0 Å². The van der Waals surface area contributed by atoms with E-state index in [0.29, 0.717) is 26.2 Å². The van der Waals surface area contributed by atoms with E-state index in [1.165, 1.54) is 0 Å². The highest BCUT2D eigenvalue weighted by atomic mass is 16.5. The second-order valence-electron chi connectivity index (χ2n) is 4.25. The predicted octanol–water partition coefficient (Wildman–Crippen LogP) is -0.534. The monoisotopic (exact) mass is 258 g/mol. The summed E-state index contributed by atoms with van der Waals surface area (Å²) in [5.41, 5.74) is 0. The summed E-state index contributed by atoms with van der Waals surface area (Å²) in [5, 5.41) is 8.82. The molecular weight excluding hydrogens is 236 g/mol. The van der Waals surface area contributed by atoms with Crippen molar-refractivity contribution in [1.82, 2.24) is 9.80 Å². The van der Waals surface area contributed by atoms with E-state index in [0.717, 1.165) is 13.1 Å². The maximum absolute atomic E-state index is 11.8. The number of esters is 1. The number of nitrogens with zero attached hydrogens (tertiary/aromatic N) is 2. The number of amides is 1. The molecule has 1 heterocycles. The van der Waals surface area contributed by atoms with Crippen LogP contribution in [0.15, 0.2) is 0 Å². The number of rotatable bonds is 6. The fourth-order valence-electron chi connectivity index (χ4n) is 1.96. The van der Waals surface area contributed by atoms with E-state index in [2.05, 4.69) is 4.90 Å². The molecule has 0 aliphatic carbocycles. The first-order valence-electron chi connectivity index (χ1n) is 6.44. The third-order valence-corrected chi connectivity index (χ3v) is 2.99. The van der Waals surface area contributed by atoms with Crippen LogP contribution in [0, 0.1) is 0 Å². The highest BCUT2D eigenvalue weighted by Crippen LogP contribution is 2.05. The van der Waals surface area contributed by atoms with Crippen molar-refractivity contribution in [3.63, 3.8) is 0 Å². The van der Waals surface area contributed by atoms with E-state index in [4.69, 9.17) is 9.84 Å². The molecule has 0 aromatic heterocycles. The van der Waals surface area contributed by atoms with Crippen LogP contribution in [0.1, 0.15) is 19.8 Å². The van der Waals surface area contributed by atoms with Crippen LogP contribution in [0.2, 0.25) is 0 Å².